The molecule has 0 radical (unpaired) electrons. The summed E-state index contributed by atoms with van der Waals surface area (Å²) in [5.41, 5.74) is -1.11. The Morgan fingerprint density at radius 1 is 0.667 bits per heavy atom. The van der Waals surface area contributed by atoms with Crippen LogP contribution in [-0.4, -0.2) is 78.7 Å². The molecule has 0 unspecified atom stereocenters. The van der Waals surface area contributed by atoms with Gasteiger partial charge in [0.1, 0.15) is 11.2 Å². The van der Waals surface area contributed by atoms with Gasteiger partial charge >= 0.3 is 18.3 Å². The molecule has 0 aromatic rings. The van der Waals surface area contributed by atoms with Crippen molar-refractivity contribution in [2.45, 2.75) is 79.4 Å². The first kappa shape index (κ1) is 27.8. The first-order valence-electron chi connectivity index (χ1n) is 10.5. The van der Waals surface area contributed by atoms with Crippen LogP contribution in [0.2, 0.25) is 0 Å². The Labute approximate surface area is 180 Å². The van der Waals surface area contributed by atoms with Crippen molar-refractivity contribution in [2.75, 3.05) is 39.4 Å². The summed E-state index contributed by atoms with van der Waals surface area (Å²) >= 11 is 0. The molecule has 2 amide bonds. The maximum absolute atomic E-state index is 12.0. The van der Waals surface area contributed by atoms with Crippen LogP contribution in [0.4, 0.5) is 14.4 Å². The summed E-state index contributed by atoms with van der Waals surface area (Å²) in [6.45, 7) is 16.7. The van der Waals surface area contributed by atoms with E-state index in [-0.39, 0.29) is 13.2 Å². The number of hydrogen-bond acceptors (Lipinski definition) is 7. The predicted molar refractivity (Wildman–Crippen MR) is 113 cm³/mol. The molecule has 0 spiro atoms. The molecule has 0 atom stereocenters. The summed E-state index contributed by atoms with van der Waals surface area (Å²) in [6.07, 6.45) is -0.596. The van der Waals surface area contributed by atoms with Gasteiger partial charge in [0.05, 0.1) is 13.2 Å². The number of rotatable bonds is 10. The Kier molecular flexibility index (Phi) is 12.2. The number of hydrogen-bond donors (Lipinski definition) is 0. The molecule has 0 rings (SSSR count). The van der Waals surface area contributed by atoms with Crippen LogP contribution in [0, 0.1) is 0 Å². The van der Waals surface area contributed by atoms with Gasteiger partial charge in [-0.25, -0.2) is 14.4 Å². The molecule has 0 saturated carbocycles. The van der Waals surface area contributed by atoms with Crippen LogP contribution < -0.4 is 0 Å². The summed E-state index contributed by atoms with van der Waals surface area (Å²) in [6, 6.07) is 0. The maximum Gasteiger partial charge on any atom is 0.508 e. The average Bonchev–Trinajstić information content (AvgIpc) is 2.58. The molecule has 0 fully saturated rings. The molecule has 176 valence electrons. The summed E-state index contributed by atoms with van der Waals surface area (Å²) in [5.74, 6) is 0. The minimum atomic E-state index is -0.768. The van der Waals surface area contributed by atoms with Gasteiger partial charge in [-0.05, 0) is 68.2 Å². The molecule has 0 aliphatic rings. The lowest BCUT2D eigenvalue weighted by Crippen LogP contribution is -2.37. The third-order valence-electron chi connectivity index (χ3n) is 3.65. The van der Waals surface area contributed by atoms with E-state index in [4.69, 9.17) is 18.9 Å². The molecule has 0 N–H and O–H groups in total. The fourth-order valence-electron chi connectivity index (χ4n) is 2.27. The van der Waals surface area contributed by atoms with Crippen LogP contribution in [0.15, 0.2) is 0 Å². The first-order valence-corrected chi connectivity index (χ1v) is 10.5. The third kappa shape index (κ3) is 13.9. The van der Waals surface area contributed by atoms with Crippen LogP contribution in [-0.2, 0) is 18.9 Å². The molecular formula is C21H40N2O7. The van der Waals surface area contributed by atoms with Gasteiger partial charge in [-0.3, -0.25) is 0 Å². The molecule has 0 saturated heterocycles. The van der Waals surface area contributed by atoms with E-state index in [0.29, 0.717) is 39.0 Å². The second-order valence-corrected chi connectivity index (χ2v) is 8.77. The second-order valence-electron chi connectivity index (χ2n) is 8.77. The Bertz CT molecular complexity index is 492. The average molecular weight is 433 g/mol. The zero-order valence-electron chi connectivity index (χ0n) is 19.9. The van der Waals surface area contributed by atoms with Crippen LogP contribution >= 0.6 is 0 Å². The van der Waals surface area contributed by atoms with E-state index in [1.165, 1.54) is 0 Å². The van der Waals surface area contributed by atoms with E-state index >= 15 is 0 Å². The van der Waals surface area contributed by atoms with Gasteiger partial charge in [0.25, 0.3) is 0 Å². The Hall–Kier alpha value is -2.19. The van der Waals surface area contributed by atoms with Crippen molar-refractivity contribution in [3.8, 4) is 0 Å². The van der Waals surface area contributed by atoms with Gasteiger partial charge in [-0.15, -0.1) is 0 Å². The van der Waals surface area contributed by atoms with Gasteiger partial charge in [0.2, 0.25) is 0 Å². The first-order chi connectivity index (χ1) is 13.8. The standard InChI is InChI=1S/C21H40N2O7/c1-9-22(17(24)29-20(3,4)5)13-11-15-27-19(26)28-16-12-14-23(10-2)18(25)30-21(6,7)8/h9-16H2,1-8H3. The lowest BCUT2D eigenvalue weighted by Gasteiger charge is -2.26. The largest absolute Gasteiger partial charge is 0.508 e. The SMILES string of the molecule is CCN(CCCOC(=O)OCCCN(CC)C(=O)OC(C)(C)C)C(=O)OC(C)(C)C. The minimum Gasteiger partial charge on any atom is -0.444 e. The van der Waals surface area contributed by atoms with E-state index in [9.17, 15) is 14.4 Å². The third-order valence-corrected chi connectivity index (χ3v) is 3.65. The number of amides is 2. The van der Waals surface area contributed by atoms with Gasteiger partial charge in [0.15, 0.2) is 0 Å². The summed E-state index contributed by atoms with van der Waals surface area (Å²) in [4.78, 5) is 38.8. The lowest BCUT2D eigenvalue weighted by molar-refractivity contribution is 0.0223. The van der Waals surface area contributed by atoms with Crippen molar-refractivity contribution in [2.24, 2.45) is 0 Å². The zero-order chi connectivity index (χ0) is 23.4. The molecular weight excluding hydrogens is 392 g/mol. The second kappa shape index (κ2) is 13.2. The molecule has 0 aliphatic carbocycles. The molecule has 9 nitrogen and oxygen atoms in total. The van der Waals surface area contributed by atoms with Crippen LogP contribution in [0.1, 0.15) is 68.2 Å². The van der Waals surface area contributed by atoms with Crippen molar-refractivity contribution in [1.82, 2.24) is 9.80 Å². The van der Waals surface area contributed by atoms with Crippen LogP contribution in [0.3, 0.4) is 0 Å². The normalized spacial score (nSPS) is 11.5. The molecule has 0 aromatic carbocycles. The summed E-state index contributed by atoms with van der Waals surface area (Å²) in [7, 11) is 0. The quantitative estimate of drug-likeness (QED) is 0.286. The highest BCUT2D eigenvalue weighted by atomic mass is 16.7. The minimum absolute atomic E-state index is 0.136. The molecule has 0 heterocycles. The van der Waals surface area contributed by atoms with E-state index < -0.39 is 29.5 Å². The van der Waals surface area contributed by atoms with Gasteiger partial charge in [0, 0.05) is 26.2 Å². The number of nitrogens with zero attached hydrogens (tertiary/aromatic N) is 2. The van der Waals surface area contributed by atoms with Crippen molar-refractivity contribution in [1.29, 1.82) is 0 Å². The van der Waals surface area contributed by atoms with Crippen molar-refractivity contribution >= 4 is 18.3 Å². The topological polar surface area (TPSA) is 94.6 Å². The monoisotopic (exact) mass is 432 g/mol. The summed E-state index contributed by atoms with van der Waals surface area (Å²) < 4.78 is 20.7. The number of carbonyl (C=O) groups excluding carboxylic acids is 3. The van der Waals surface area contributed by atoms with Gasteiger partial charge in [-0.2, -0.15) is 0 Å². The fraction of sp³-hybridized carbons (Fsp3) is 0.857. The molecule has 30 heavy (non-hydrogen) atoms. The maximum atomic E-state index is 12.0. The summed E-state index contributed by atoms with van der Waals surface area (Å²) in [5, 5.41) is 0. The molecule has 9 heteroatoms. The highest BCUT2D eigenvalue weighted by Gasteiger charge is 2.22. The zero-order valence-corrected chi connectivity index (χ0v) is 19.9. The lowest BCUT2D eigenvalue weighted by atomic mass is 10.2. The van der Waals surface area contributed by atoms with E-state index in [1.54, 1.807) is 9.80 Å². The van der Waals surface area contributed by atoms with E-state index in [1.807, 2.05) is 55.4 Å². The fourth-order valence-corrected chi connectivity index (χ4v) is 2.27. The number of ether oxygens (including phenoxy) is 4. The molecule has 0 bridgehead atoms. The highest BCUT2D eigenvalue weighted by Crippen LogP contribution is 2.11. The van der Waals surface area contributed by atoms with Crippen molar-refractivity contribution in [3.63, 3.8) is 0 Å². The Balaban J connectivity index is 4.04. The Morgan fingerprint density at radius 2 is 1.00 bits per heavy atom. The predicted octanol–water partition coefficient (Wildman–Crippen LogP) is 4.43. The highest BCUT2D eigenvalue weighted by molar-refractivity contribution is 5.68. The van der Waals surface area contributed by atoms with E-state index in [2.05, 4.69) is 0 Å². The van der Waals surface area contributed by atoms with Gasteiger partial charge in [-0.1, -0.05) is 0 Å². The number of carbonyl (C=O) groups is 3. The van der Waals surface area contributed by atoms with E-state index in [0.717, 1.165) is 0 Å². The van der Waals surface area contributed by atoms with Crippen LogP contribution in [0.25, 0.3) is 0 Å². The Morgan fingerprint density at radius 3 is 1.27 bits per heavy atom. The molecule has 0 aromatic heterocycles. The van der Waals surface area contributed by atoms with Crippen LogP contribution in [0.5, 0.6) is 0 Å². The van der Waals surface area contributed by atoms with Gasteiger partial charge < -0.3 is 28.7 Å². The van der Waals surface area contributed by atoms with Crippen molar-refractivity contribution < 1.29 is 33.3 Å². The molecule has 0 aliphatic heterocycles. The van der Waals surface area contributed by atoms with Crippen molar-refractivity contribution in [3.05, 3.63) is 0 Å². The smallest absolute Gasteiger partial charge is 0.444 e.